The number of urea groups is 2. The van der Waals surface area contributed by atoms with Gasteiger partial charge >= 0.3 is 12.1 Å². The highest BCUT2D eigenvalue weighted by atomic mass is 16.2. The van der Waals surface area contributed by atoms with Gasteiger partial charge in [-0.15, -0.1) is 0 Å². The van der Waals surface area contributed by atoms with Gasteiger partial charge in [-0.25, -0.2) is 15.0 Å². The predicted molar refractivity (Wildman–Crippen MR) is 84.8 cm³/mol. The summed E-state index contributed by atoms with van der Waals surface area (Å²) in [4.78, 5) is 21.7. The third-order valence-corrected chi connectivity index (χ3v) is 3.20. The number of hydrogen-bond donors (Lipinski definition) is 5. The van der Waals surface area contributed by atoms with Crippen LogP contribution in [0.15, 0.2) is 29.4 Å². The molecule has 1 heterocycles. The molecule has 4 amide bonds. The molecule has 6 N–H and O–H groups in total. The maximum atomic E-state index is 11.1. The van der Waals surface area contributed by atoms with Gasteiger partial charge in [0.1, 0.15) is 0 Å². The zero-order chi connectivity index (χ0) is 15.9. The van der Waals surface area contributed by atoms with Crippen molar-refractivity contribution in [2.75, 3.05) is 18.4 Å². The van der Waals surface area contributed by atoms with Gasteiger partial charge in [0.2, 0.25) is 0 Å². The number of hydrogen-bond acceptors (Lipinski definition) is 4. The summed E-state index contributed by atoms with van der Waals surface area (Å²) < 4.78 is 0. The van der Waals surface area contributed by atoms with Crippen molar-refractivity contribution < 1.29 is 9.59 Å². The van der Waals surface area contributed by atoms with Gasteiger partial charge in [-0.2, -0.15) is 5.10 Å². The van der Waals surface area contributed by atoms with Gasteiger partial charge in [-0.05, 0) is 25.5 Å². The lowest BCUT2D eigenvalue weighted by Crippen LogP contribution is -2.48. The summed E-state index contributed by atoms with van der Waals surface area (Å²) in [5.41, 5.74) is 10.1. The molecule has 0 aliphatic carbocycles. The summed E-state index contributed by atoms with van der Waals surface area (Å²) >= 11 is 0. The summed E-state index contributed by atoms with van der Waals surface area (Å²) in [6, 6.07) is 6.85. The molecule has 8 nitrogen and oxygen atoms in total. The van der Waals surface area contributed by atoms with Gasteiger partial charge in [0.25, 0.3) is 0 Å². The minimum Gasteiger partial charge on any atom is -0.385 e. The molecule has 1 aromatic carbocycles. The Kier molecular flexibility index (Phi) is 5.18. The molecule has 0 spiro atoms. The molecule has 0 saturated heterocycles. The van der Waals surface area contributed by atoms with Crippen molar-refractivity contribution in [3.8, 4) is 0 Å². The monoisotopic (exact) mass is 304 g/mol. The van der Waals surface area contributed by atoms with Gasteiger partial charge in [-0.3, -0.25) is 0 Å². The lowest BCUT2D eigenvalue weighted by molar-refractivity contribution is 0.238. The fourth-order valence-electron chi connectivity index (χ4n) is 2.11. The molecule has 118 valence electrons. The number of carbonyl (C=O) groups is 2. The molecule has 1 atom stereocenters. The van der Waals surface area contributed by atoms with Crippen molar-refractivity contribution in [1.82, 2.24) is 16.1 Å². The minimum atomic E-state index is -0.507. The number of hydrazone groups is 1. The van der Waals surface area contributed by atoms with Crippen LogP contribution in [0.2, 0.25) is 0 Å². The van der Waals surface area contributed by atoms with E-state index in [9.17, 15) is 9.59 Å². The second-order valence-corrected chi connectivity index (χ2v) is 4.95. The quantitative estimate of drug-likeness (QED) is 0.494. The highest BCUT2D eigenvalue weighted by Crippen LogP contribution is 2.13. The lowest BCUT2D eigenvalue weighted by Gasteiger charge is -2.21. The number of nitrogens with zero attached hydrogens (tertiary/aromatic N) is 1. The summed E-state index contributed by atoms with van der Waals surface area (Å²) in [5, 5.41) is 12.6. The Hall–Kier alpha value is -2.77. The predicted octanol–water partition coefficient (Wildman–Crippen LogP) is 0.562. The van der Waals surface area contributed by atoms with Gasteiger partial charge < -0.3 is 21.7 Å². The molecule has 0 radical (unpaired) electrons. The molecular formula is C14H20N6O2. The molecule has 1 aliphatic heterocycles. The van der Waals surface area contributed by atoms with E-state index in [4.69, 9.17) is 5.73 Å². The molecule has 0 aromatic heterocycles. The lowest BCUT2D eigenvalue weighted by atomic mass is 10.0. The van der Waals surface area contributed by atoms with E-state index >= 15 is 0 Å². The minimum absolute atomic E-state index is 0.132. The molecule has 22 heavy (non-hydrogen) atoms. The SMILES string of the molecule is CC1NC(=O)NN=C1c1ccc(NCCCNC(N)=O)cc1. The van der Waals surface area contributed by atoms with Crippen LogP contribution in [0.3, 0.4) is 0 Å². The zero-order valence-electron chi connectivity index (χ0n) is 12.3. The van der Waals surface area contributed by atoms with Crippen molar-refractivity contribution in [3.05, 3.63) is 29.8 Å². The first-order valence-electron chi connectivity index (χ1n) is 7.08. The number of rotatable bonds is 6. The second-order valence-electron chi connectivity index (χ2n) is 4.95. The van der Waals surface area contributed by atoms with Crippen LogP contribution in [0.1, 0.15) is 18.9 Å². The normalized spacial score (nSPS) is 17.0. The van der Waals surface area contributed by atoms with E-state index in [-0.39, 0.29) is 12.1 Å². The Labute approximate surface area is 128 Å². The number of primary amides is 1. The summed E-state index contributed by atoms with van der Waals surface area (Å²) in [5.74, 6) is 0. The number of benzene rings is 1. The largest absolute Gasteiger partial charge is 0.385 e. The Balaban J connectivity index is 1.85. The average molecular weight is 304 g/mol. The number of amides is 4. The highest BCUT2D eigenvalue weighted by Gasteiger charge is 2.19. The van der Waals surface area contributed by atoms with Gasteiger partial charge in [-0.1, -0.05) is 12.1 Å². The number of nitrogens with two attached hydrogens (primary N) is 1. The molecule has 1 aromatic rings. The van der Waals surface area contributed by atoms with Crippen LogP contribution >= 0.6 is 0 Å². The van der Waals surface area contributed by atoms with Gasteiger partial charge in [0.05, 0.1) is 11.8 Å². The summed E-state index contributed by atoms with van der Waals surface area (Å²) in [6.45, 7) is 3.16. The number of carbonyl (C=O) groups excluding carboxylic acids is 2. The fourth-order valence-corrected chi connectivity index (χ4v) is 2.11. The van der Waals surface area contributed by atoms with E-state index in [2.05, 4.69) is 26.5 Å². The zero-order valence-corrected chi connectivity index (χ0v) is 12.3. The third-order valence-electron chi connectivity index (χ3n) is 3.20. The van der Waals surface area contributed by atoms with Crippen LogP contribution in [0.4, 0.5) is 15.3 Å². The standard InChI is InChI=1S/C14H20N6O2/c1-9-12(19-20-14(22)18-9)10-3-5-11(6-4-10)16-7-2-8-17-13(15)21/h3-6,9,16H,2,7-8H2,1H3,(H3,15,17,21)(H2,18,20,22). The van der Waals surface area contributed by atoms with E-state index in [0.29, 0.717) is 6.54 Å². The molecule has 8 heteroatoms. The Morgan fingerprint density at radius 1 is 1.32 bits per heavy atom. The van der Waals surface area contributed by atoms with E-state index in [1.165, 1.54) is 0 Å². The maximum absolute atomic E-state index is 11.1. The molecule has 1 unspecified atom stereocenters. The first-order valence-corrected chi connectivity index (χ1v) is 7.08. The molecule has 2 rings (SSSR count). The van der Waals surface area contributed by atoms with E-state index in [1.807, 2.05) is 31.2 Å². The van der Waals surface area contributed by atoms with Crippen LogP contribution in [-0.2, 0) is 0 Å². The van der Waals surface area contributed by atoms with Crippen molar-refractivity contribution in [2.24, 2.45) is 10.8 Å². The van der Waals surface area contributed by atoms with Crippen LogP contribution < -0.4 is 27.1 Å². The highest BCUT2D eigenvalue weighted by molar-refractivity contribution is 6.07. The van der Waals surface area contributed by atoms with Gasteiger partial charge in [0, 0.05) is 24.3 Å². The van der Waals surface area contributed by atoms with Crippen molar-refractivity contribution in [3.63, 3.8) is 0 Å². The first kappa shape index (κ1) is 15.6. The van der Waals surface area contributed by atoms with Crippen LogP contribution in [-0.4, -0.2) is 36.9 Å². The molecule has 0 saturated carbocycles. The van der Waals surface area contributed by atoms with Crippen molar-refractivity contribution >= 4 is 23.5 Å². The average Bonchev–Trinajstić information content (AvgIpc) is 2.47. The van der Waals surface area contributed by atoms with Gasteiger partial charge in [0.15, 0.2) is 0 Å². The summed E-state index contributed by atoms with van der Waals surface area (Å²) in [7, 11) is 0. The third kappa shape index (κ3) is 4.37. The first-order chi connectivity index (χ1) is 10.6. The van der Waals surface area contributed by atoms with E-state index in [1.54, 1.807) is 0 Å². The van der Waals surface area contributed by atoms with Crippen LogP contribution in [0.25, 0.3) is 0 Å². The van der Waals surface area contributed by atoms with Crippen molar-refractivity contribution in [1.29, 1.82) is 0 Å². The molecule has 0 bridgehead atoms. The van der Waals surface area contributed by atoms with E-state index in [0.717, 1.165) is 29.9 Å². The Bertz CT molecular complexity index is 569. The smallest absolute Gasteiger partial charge is 0.335 e. The Morgan fingerprint density at radius 2 is 2.05 bits per heavy atom. The molecule has 1 aliphatic rings. The van der Waals surface area contributed by atoms with Crippen LogP contribution in [0, 0.1) is 0 Å². The Morgan fingerprint density at radius 3 is 2.68 bits per heavy atom. The maximum Gasteiger partial charge on any atom is 0.335 e. The topological polar surface area (TPSA) is 121 Å². The fraction of sp³-hybridized carbons (Fsp3) is 0.357. The number of anilines is 1. The van der Waals surface area contributed by atoms with Crippen LogP contribution in [0.5, 0.6) is 0 Å². The second kappa shape index (κ2) is 7.30. The molecular weight excluding hydrogens is 284 g/mol. The van der Waals surface area contributed by atoms with E-state index < -0.39 is 6.03 Å². The molecule has 0 fully saturated rings. The number of nitrogens with one attached hydrogen (secondary N) is 4. The van der Waals surface area contributed by atoms with Crippen molar-refractivity contribution in [2.45, 2.75) is 19.4 Å². The summed E-state index contributed by atoms with van der Waals surface area (Å²) in [6.07, 6.45) is 0.782.